The molecule has 1 aliphatic heterocycles. The molecule has 1 aromatic carbocycles. The fourth-order valence-electron chi connectivity index (χ4n) is 2.63. The molecular weight excluding hydrogens is 340 g/mol. The third-order valence-electron chi connectivity index (χ3n) is 4.10. The number of Topliss-reactive ketones (excluding diaryl/α,β-unsaturated/α-hetero) is 1. The first-order valence-electron chi connectivity index (χ1n) is 8.36. The summed E-state index contributed by atoms with van der Waals surface area (Å²) in [5, 5.41) is 2.63. The SMILES string of the molecule is CCC(=O)c1ccc(OCC(=O)N2CCNC(=O)C2CC(=O)OC)cc1. The summed E-state index contributed by atoms with van der Waals surface area (Å²) in [6, 6.07) is 5.60. The van der Waals surface area contributed by atoms with Crippen LogP contribution in [0.15, 0.2) is 24.3 Å². The van der Waals surface area contributed by atoms with Crippen molar-refractivity contribution < 1.29 is 28.7 Å². The lowest BCUT2D eigenvalue weighted by molar-refractivity contribution is -0.151. The van der Waals surface area contributed by atoms with Crippen molar-refractivity contribution in [3.63, 3.8) is 0 Å². The quantitative estimate of drug-likeness (QED) is 0.561. The smallest absolute Gasteiger partial charge is 0.308 e. The molecule has 1 atom stereocenters. The number of ether oxygens (including phenoxy) is 2. The van der Waals surface area contributed by atoms with Gasteiger partial charge >= 0.3 is 5.97 Å². The van der Waals surface area contributed by atoms with Gasteiger partial charge in [-0.15, -0.1) is 0 Å². The normalized spacial score (nSPS) is 16.6. The first-order valence-corrected chi connectivity index (χ1v) is 8.36. The number of carbonyl (C=O) groups is 4. The summed E-state index contributed by atoms with van der Waals surface area (Å²) >= 11 is 0. The van der Waals surface area contributed by atoms with Crippen LogP contribution in [0.2, 0.25) is 0 Å². The molecule has 1 saturated heterocycles. The highest BCUT2D eigenvalue weighted by Gasteiger charge is 2.35. The van der Waals surface area contributed by atoms with Gasteiger partial charge in [-0.25, -0.2) is 0 Å². The van der Waals surface area contributed by atoms with Gasteiger partial charge in [0.2, 0.25) is 5.91 Å². The van der Waals surface area contributed by atoms with Crippen molar-refractivity contribution in [3.05, 3.63) is 29.8 Å². The largest absolute Gasteiger partial charge is 0.484 e. The first-order chi connectivity index (χ1) is 12.5. The molecule has 1 heterocycles. The minimum atomic E-state index is -0.906. The number of esters is 1. The van der Waals surface area contributed by atoms with E-state index in [2.05, 4.69) is 10.1 Å². The Morgan fingerprint density at radius 1 is 1.23 bits per heavy atom. The van der Waals surface area contributed by atoms with E-state index in [-0.39, 0.29) is 18.8 Å². The highest BCUT2D eigenvalue weighted by atomic mass is 16.5. The van der Waals surface area contributed by atoms with Crippen LogP contribution in [0.1, 0.15) is 30.1 Å². The Hall–Kier alpha value is -2.90. The van der Waals surface area contributed by atoms with Crippen molar-refractivity contribution in [2.24, 2.45) is 0 Å². The lowest BCUT2D eigenvalue weighted by Crippen LogP contribution is -2.58. The maximum absolute atomic E-state index is 12.4. The van der Waals surface area contributed by atoms with E-state index in [9.17, 15) is 19.2 Å². The Labute approximate surface area is 151 Å². The zero-order valence-corrected chi connectivity index (χ0v) is 14.8. The molecule has 0 aromatic heterocycles. The topological polar surface area (TPSA) is 102 Å². The van der Waals surface area contributed by atoms with E-state index in [1.165, 1.54) is 12.0 Å². The molecule has 1 aliphatic rings. The molecule has 2 rings (SSSR count). The Kier molecular flexibility index (Phi) is 6.71. The van der Waals surface area contributed by atoms with Crippen molar-refractivity contribution in [1.82, 2.24) is 10.2 Å². The first kappa shape index (κ1) is 19.4. The fraction of sp³-hybridized carbons (Fsp3) is 0.444. The average Bonchev–Trinajstić information content (AvgIpc) is 2.67. The highest BCUT2D eigenvalue weighted by Crippen LogP contribution is 2.15. The summed E-state index contributed by atoms with van der Waals surface area (Å²) in [5.41, 5.74) is 0.581. The molecule has 1 unspecified atom stereocenters. The maximum atomic E-state index is 12.4. The predicted molar refractivity (Wildman–Crippen MR) is 91.7 cm³/mol. The van der Waals surface area contributed by atoms with E-state index in [4.69, 9.17) is 4.74 Å². The van der Waals surface area contributed by atoms with E-state index >= 15 is 0 Å². The molecule has 0 bridgehead atoms. The molecule has 26 heavy (non-hydrogen) atoms. The van der Waals surface area contributed by atoms with Gasteiger partial charge in [0.1, 0.15) is 11.8 Å². The number of piperazine rings is 1. The number of rotatable bonds is 7. The molecule has 8 nitrogen and oxygen atoms in total. The van der Waals surface area contributed by atoms with Gasteiger partial charge in [-0.1, -0.05) is 6.92 Å². The fourth-order valence-corrected chi connectivity index (χ4v) is 2.63. The summed E-state index contributed by atoms with van der Waals surface area (Å²) in [5.74, 6) is -0.892. The lowest BCUT2D eigenvalue weighted by Gasteiger charge is -2.34. The molecule has 0 aliphatic carbocycles. The van der Waals surface area contributed by atoms with Gasteiger partial charge in [-0.05, 0) is 24.3 Å². The number of ketones is 1. The third kappa shape index (κ3) is 4.81. The van der Waals surface area contributed by atoms with Crippen molar-refractivity contribution in [3.8, 4) is 5.75 Å². The van der Waals surface area contributed by atoms with Crippen LogP contribution in [-0.2, 0) is 19.1 Å². The van der Waals surface area contributed by atoms with Crippen LogP contribution in [0.25, 0.3) is 0 Å². The number of carbonyl (C=O) groups excluding carboxylic acids is 4. The minimum absolute atomic E-state index is 0.0256. The monoisotopic (exact) mass is 362 g/mol. The zero-order chi connectivity index (χ0) is 19.1. The summed E-state index contributed by atoms with van der Waals surface area (Å²) < 4.78 is 10.0. The molecule has 2 amide bonds. The van der Waals surface area contributed by atoms with Gasteiger partial charge in [0.05, 0.1) is 13.5 Å². The summed E-state index contributed by atoms with van der Waals surface area (Å²) in [6.45, 7) is 2.12. The van der Waals surface area contributed by atoms with Crippen molar-refractivity contribution in [1.29, 1.82) is 0 Å². The van der Waals surface area contributed by atoms with Crippen LogP contribution < -0.4 is 10.1 Å². The predicted octanol–water partition coefficient (Wildman–Crippen LogP) is 0.548. The zero-order valence-electron chi connectivity index (χ0n) is 14.8. The number of methoxy groups -OCH3 is 1. The molecular formula is C18H22N2O6. The molecule has 1 aromatic rings. The van der Waals surface area contributed by atoms with Crippen molar-refractivity contribution in [2.45, 2.75) is 25.8 Å². The molecule has 1 fully saturated rings. The van der Waals surface area contributed by atoms with Crippen LogP contribution in [0.4, 0.5) is 0 Å². The Morgan fingerprint density at radius 3 is 2.54 bits per heavy atom. The molecule has 140 valence electrons. The summed E-state index contributed by atoms with van der Waals surface area (Å²) in [6.07, 6.45) is 0.208. The standard InChI is InChI=1S/C18H22N2O6/c1-3-15(21)12-4-6-13(7-5-12)26-11-16(22)20-9-8-19-18(24)14(20)10-17(23)25-2/h4-7,14H,3,8-11H2,1-2H3,(H,19,24). The molecule has 1 N–H and O–H groups in total. The Bertz CT molecular complexity index is 685. The number of hydrogen-bond acceptors (Lipinski definition) is 6. The van der Waals surface area contributed by atoms with Gasteiger partial charge in [0.25, 0.3) is 5.91 Å². The van der Waals surface area contributed by atoms with E-state index in [0.29, 0.717) is 30.8 Å². The van der Waals surface area contributed by atoms with E-state index in [1.807, 2.05) is 0 Å². The van der Waals surface area contributed by atoms with E-state index < -0.39 is 23.8 Å². The van der Waals surface area contributed by atoms with Gasteiger partial charge in [-0.3, -0.25) is 19.2 Å². The number of benzene rings is 1. The van der Waals surface area contributed by atoms with Gasteiger partial charge in [0.15, 0.2) is 12.4 Å². The second kappa shape index (κ2) is 8.98. The maximum Gasteiger partial charge on any atom is 0.308 e. The number of nitrogens with zero attached hydrogens (tertiary/aromatic N) is 1. The Balaban J connectivity index is 1.97. The minimum Gasteiger partial charge on any atom is -0.484 e. The van der Waals surface area contributed by atoms with Crippen LogP contribution in [0, 0.1) is 0 Å². The van der Waals surface area contributed by atoms with Gasteiger partial charge in [0, 0.05) is 25.1 Å². The van der Waals surface area contributed by atoms with Gasteiger partial charge < -0.3 is 19.7 Å². The number of amides is 2. The average molecular weight is 362 g/mol. The molecule has 0 saturated carbocycles. The molecule has 0 spiro atoms. The van der Waals surface area contributed by atoms with Crippen molar-refractivity contribution >= 4 is 23.6 Å². The second-order valence-corrected chi connectivity index (χ2v) is 5.76. The third-order valence-corrected chi connectivity index (χ3v) is 4.10. The molecule has 0 radical (unpaired) electrons. The second-order valence-electron chi connectivity index (χ2n) is 5.76. The van der Waals surface area contributed by atoms with Crippen LogP contribution >= 0.6 is 0 Å². The number of hydrogen-bond donors (Lipinski definition) is 1. The Morgan fingerprint density at radius 2 is 1.92 bits per heavy atom. The summed E-state index contributed by atoms with van der Waals surface area (Å²) in [7, 11) is 1.23. The van der Waals surface area contributed by atoms with Crippen molar-refractivity contribution in [2.75, 3.05) is 26.8 Å². The van der Waals surface area contributed by atoms with Gasteiger partial charge in [-0.2, -0.15) is 0 Å². The van der Waals surface area contributed by atoms with Crippen LogP contribution in [-0.4, -0.2) is 61.3 Å². The highest BCUT2D eigenvalue weighted by molar-refractivity contribution is 5.96. The van der Waals surface area contributed by atoms with Crippen LogP contribution in [0.3, 0.4) is 0 Å². The molecule has 8 heteroatoms. The van der Waals surface area contributed by atoms with E-state index in [1.54, 1.807) is 31.2 Å². The summed E-state index contributed by atoms with van der Waals surface area (Å²) in [4.78, 5) is 48.8. The number of nitrogens with one attached hydrogen (secondary N) is 1. The van der Waals surface area contributed by atoms with E-state index in [0.717, 1.165) is 0 Å². The van der Waals surface area contributed by atoms with Crippen LogP contribution in [0.5, 0.6) is 5.75 Å². The lowest BCUT2D eigenvalue weighted by atomic mass is 10.1.